The first-order valence-electron chi connectivity index (χ1n) is 4.53. The Morgan fingerprint density at radius 3 is 2.43 bits per heavy atom. The van der Waals surface area contributed by atoms with Gasteiger partial charge in [-0.05, 0) is 33.0 Å². The Morgan fingerprint density at radius 1 is 1.36 bits per heavy atom. The van der Waals surface area contributed by atoms with Gasteiger partial charge in [0.25, 0.3) is 0 Å². The van der Waals surface area contributed by atoms with Gasteiger partial charge in [0.2, 0.25) is 0 Å². The van der Waals surface area contributed by atoms with Gasteiger partial charge >= 0.3 is 0 Å². The van der Waals surface area contributed by atoms with Crippen LogP contribution in [0.25, 0.3) is 0 Å². The molecule has 0 radical (unpaired) electrons. The Kier molecular flexibility index (Phi) is 3.62. The van der Waals surface area contributed by atoms with Crippen molar-refractivity contribution in [1.82, 2.24) is 0 Å². The van der Waals surface area contributed by atoms with Gasteiger partial charge in [-0.15, -0.1) is 0 Å². The SMILES string of the molecule is CC(C)(C)C(N)c1cccc(Br)c1Cl. The standard InChI is InChI=1S/C11H15BrClN/c1-11(2,3)10(14)7-5-4-6-8(12)9(7)13/h4-6,10H,14H2,1-3H3. The van der Waals surface area contributed by atoms with Crippen molar-refractivity contribution in [2.24, 2.45) is 11.1 Å². The summed E-state index contributed by atoms with van der Waals surface area (Å²) >= 11 is 9.56. The molecule has 0 spiro atoms. The number of hydrogen-bond donors (Lipinski definition) is 1. The van der Waals surface area contributed by atoms with Crippen molar-refractivity contribution in [3.05, 3.63) is 33.3 Å². The van der Waals surface area contributed by atoms with Crippen molar-refractivity contribution in [2.75, 3.05) is 0 Å². The monoisotopic (exact) mass is 275 g/mol. The van der Waals surface area contributed by atoms with E-state index < -0.39 is 0 Å². The van der Waals surface area contributed by atoms with Crippen LogP contribution in [0.2, 0.25) is 5.02 Å². The molecule has 2 N–H and O–H groups in total. The Bertz CT molecular complexity index is 331. The van der Waals surface area contributed by atoms with Crippen LogP contribution in [-0.4, -0.2) is 0 Å². The summed E-state index contributed by atoms with van der Waals surface area (Å²) < 4.78 is 0.899. The molecule has 0 saturated heterocycles. The van der Waals surface area contributed by atoms with E-state index in [0.717, 1.165) is 15.1 Å². The molecule has 0 fully saturated rings. The van der Waals surface area contributed by atoms with Crippen molar-refractivity contribution in [3.8, 4) is 0 Å². The average Bonchev–Trinajstić information content (AvgIpc) is 2.07. The van der Waals surface area contributed by atoms with Crippen molar-refractivity contribution >= 4 is 27.5 Å². The van der Waals surface area contributed by atoms with Crippen LogP contribution >= 0.6 is 27.5 Å². The quantitative estimate of drug-likeness (QED) is 0.819. The minimum Gasteiger partial charge on any atom is -0.323 e. The molecule has 0 bridgehead atoms. The first-order chi connectivity index (χ1) is 6.34. The van der Waals surface area contributed by atoms with Gasteiger partial charge in [0.1, 0.15) is 0 Å². The molecule has 1 unspecified atom stereocenters. The molecule has 1 nitrogen and oxygen atoms in total. The summed E-state index contributed by atoms with van der Waals surface area (Å²) in [7, 11) is 0. The van der Waals surface area contributed by atoms with E-state index in [1.165, 1.54) is 0 Å². The van der Waals surface area contributed by atoms with Gasteiger partial charge < -0.3 is 5.73 Å². The first-order valence-corrected chi connectivity index (χ1v) is 5.70. The first kappa shape index (κ1) is 12.0. The van der Waals surface area contributed by atoms with E-state index in [4.69, 9.17) is 17.3 Å². The summed E-state index contributed by atoms with van der Waals surface area (Å²) in [5.41, 5.74) is 7.15. The van der Waals surface area contributed by atoms with Crippen LogP contribution in [-0.2, 0) is 0 Å². The number of benzene rings is 1. The van der Waals surface area contributed by atoms with Crippen molar-refractivity contribution in [1.29, 1.82) is 0 Å². The largest absolute Gasteiger partial charge is 0.323 e. The highest BCUT2D eigenvalue weighted by Crippen LogP contribution is 2.37. The second-order valence-electron chi connectivity index (χ2n) is 4.49. The van der Waals surface area contributed by atoms with Gasteiger partial charge in [0, 0.05) is 10.5 Å². The summed E-state index contributed by atoms with van der Waals surface area (Å²) in [5.74, 6) is 0. The van der Waals surface area contributed by atoms with E-state index in [1.54, 1.807) is 0 Å². The Labute approximate surface area is 98.8 Å². The third-order valence-corrected chi connectivity index (χ3v) is 3.56. The smallest absolute Gasteiger partial charge is 0.0595 e. The molecular weight excluding hydrogens is 261 g/mol. The third kappa shape index (κ3) is 2.50. The number of nitrogens with two attached hydrogens (primary N) is 1. The van der Waals surface area contributed by atoms with E-state index in [0.29, 0.717) is 0 Å². The Hall–Kier alpha value is -0.0500. The highest BCUT2D eigenvalue weighted by atomic mass is 79.9. The topological polar surface area (TPSA) is 26.0 Å². The van der Waals surface area contributed by atoms with E-state index in [1.807, 2.05) is 18.2 Å². The fourth-order valence-electron chi connectivity index (χ4n) is 1.23. The van der Waals surface area contributed by atoms with Gasteiger partial charge in [0.15, 0.2) is 0 Å². The van der Waals surface area contributed by atoms with Crippen LogP contribution in [0.3, 0.4) is 0 Å². The number of hydrogen-bond acceptors (Lipinski definition) is 1. The normalized spacial score (nSPS) is 14.1. The predicted molar refractivity (Wildman–Crippen MR) is 65.5 cm³/mol. The Balaban J connectivity index is 3.14. The molecule has 0 aliphatic carbocycles. The van der Waals surface area contributed by atoms with Gasteiger partial charge in [0.05, 0.1) is 5.02 Å². The van der Waals surface area contributed by atoms with Gasteiger partial charge in [-0.3, -0.25) is 0 Å². The maximum absolute atomic E-state index is 6.17. The molecule has 0 aliphatic rings. The van der Waals surface area contributed by atoms with Crippen LogP contribution in [0, 0.1) is 5.41 Å². The number of halogens is 2. The van der Waals surface area contributed by atoms with Crippen molar-refractivity contribution < 1.29 is 0 Å². The van der Waals surface area contributed by atoms with E-state index >= 15 is 0 Å². The summed E-state index contributed by atoms with van der Waals surface area (Å²) in [6.45, 7) is 6.32. The van der Waals surface area contributed by atoms with Gasteiger partial charge in [-0.2, -0.15) is 0 Å². The highest BCUT2D eigenvalue weighted by molar-refractivity contribution is 9.10. The zero-order valence-corrected chi connectivity index (χ0v) is 11.0. The molecule has 1 aromatic carbocycles. The molecule has 0 amide bonds. The molecule has 1 rings (SSSR count). The van der Waals surface area contributed by atoms with Gasteiger partial charge in [-0.1, -0.05) is 44.5 Å². The lowest BCUT2D eigenvalue weighted by Crippen LogP contribution is -2.26. The summed E-state index contributed by atoms with van der Waals surface area (Å²) in [6.07, 6.45) is 0. The minimum atomic E-state index is -0.0486. The van der Waals surface area contributed by atoms with E-state index in [-0.39, 0.29) is 11.5 Å². The summed E-state index contributed by atoms with van der Waals surface area (Å²) in [5, 5.41) is 0.718. The Morgan fingerprint density at radius 2 is 1.93 bits per heavy atom. The van der Waals surface area contributed by atoms with Crippen LogP contribution in [0.4, 0.5) is 0 Å². The molecule has 14 heavy (non-hydrogen) atoms. The molecule has 0 saturated carbocycles. The van der Waals surface area contributed by atoms with Crippen LogP contribution in [0.15, 0.2) is 22.7 Å². The van der Waals surface area contributed by atoms with Crippen LogP contribution in [0.1, 0.15) is 32.4 Å². The molecule has 0 heterocycles. The molecule has 78 valence electrons. The van der Waals surface area contributed by atoms with Crippen molar-refractivity contribution in [2.45, 2.75) is 26.8 Å². The van der Waals surface area contributed by atoms with Crippen LogP contribution < -0.4 is 5.73 Å². The lowest BCUT2D eigenvalue weighted by Gasteiger charge is -2.28. The van der Waals surface area contributed by atoms with E-state index in [2.05, 4.69) is 36.7 Å². The number of rotatable bonds is 1. The van der Waals surface area contributed by atoms with E-state index in [9.17, 15) is 0 Å². The maximum atomic E-state index is 6.17. The summed E-state index contributed by atoms with van der Waals surface area (Å²) in [4.78, 5) is 0. The molecule has 1 atom stereocenters. The second kappa shape index (κ2) is 4.21. The molecule has 3 heteroatoms. The zero-order valence-electron chi connectivity index (χ0n) is 8.64. The minimum absolute atomic E-state index is 0.0183. The molecule has 1 aromatic rings. The third-order valence-electron chi connectivity index (χ3n) is 2.25. The highest BCUT2D eigenvalue weighted by Gasteiger charge is 2.24. The fraction of sp³-hybridized carbons (Fsp3) is 0.455. The van der Waals surface area contributed by atoms with Crippen molar-refractivity contribution in [3.63, 3.8) is 0 Å². The lowest BCUT2D eigenvalue weighted by atomic mass is 9.83. The molecular formula is C11H15BrClN. The lowest BCUT2D eigenvalue weighted by molar-refractivity contribution is 0.327. The average molecular weight is 277 g/mol. The molecule has 0 aliphatic heterocycles. The summed E-state index contributed by atoms with van der Waals surface area (Å²) in [6, 6.07) is 5.80. The van der Waals surface area contributed by atoms with Crippen LogP contribution in [0.5, 0.6) is 0 Å². The zero-order chi connectivity index (χ0) is 10.9. The predicted octanol–water partition coefficient (Wildman–Crippen LogP) is 4.15. The fourth-order valence-corrected chi connectivity index (χ4v) is 1.85. The second-order valence-corrected chi connectivity index (χ2v) is 5.72. The van der Waals surface area contributed by atoms with Gasteiger partial charge in [-0.25, -0.2) is 0 Å². The molecule has 0 aromatic heterocycles. The maximum Gasteiger partial charge on any atom is 0.0595 e.